The van der Waals surface area contributed by atoms with E-state index in [1.807, 2.05) is 0 Å². The number of nitrogens with one attached hydrogen (secondary N) is 1. The smallest absolute Gasteiger partial charge is 0.338 e. The number of carbonyl (C=O) groups is 2. The van der Waals surface area contributed by atoms with Crippen LogP contribution in [0.4, 0.5) is 11.4 Å². The molecule has 1 N–H and O–H groups in total. The Kier molecular flexibility index (Phi) is 5.79. The Hall–Kier alpha value is -3.86. The number of rotatable bonds is 6. The maximum Gasteiger partial charge on any atom is 0.338 e. The van der Waals surface area contributed by atoms with Crippen LogP contribution in [0.2, 0.25) is 5.02 Å². The first-order valence-electron chi connectivity index (χ1n) is 8.14. The summed E-state index contributed by atoms with van der Waals surface area (Å²) in [4.78, 5) is 34.6. The molecule has 0 saturated heterocycles. The fourth-order valence-electron chi connectivity index (χ4n) is 2.27. The lowest BCUT2D eigenvalue weighted by molar-refractivity contribution is -0.384. The van der Waals surface area contributed by atoms with E-state index in [1.165, 1.54) is 42.2 Å². The third kappa shape index (κ3) is 4.71. The average Bonchev–Trinajstić information content (AvgIpc) is 3.24. The third-order valence-electron chi connectivity index (χ3n) is 3.79. The Labute approximate surface area is 168 Å². The van der Waals surface area contributed by atoms with Crippen molar-refractivity contribution in [2.75, 3.05) is 5.32 Å². The van der Waals surface area contributed by atoms with Crippen LogP contribution < -0.4 is 5.32 Å². The molecule has 11 nitrogen and oxygen atoms in total. The first-order chi connectivity index (χ1) is 13.8. The molecule has 3 rings (SSSR count). The Balaban J connectivity index is 1.62. The molecule has 2 aromatic carbocycles. The summed E-state index contributed by atoms with van der Waals surface area (Å²) in [6.45, 7) is 1.39. The Morgan fingerprint density at radius 3 is 2.55 bits per heavy atom. The minimum atomic E-state index is -1.13. The number of halogens is 1. The van der Waals surface area contributed by atoms with E-state index in [9.17, 15) is 19.7 Å². The molecule has 0 aliphatic carbocycles. The number of ether oxygens (including phenoxy) is 1. The molecule has 1 unspecified atom stereocenters. The van der Waals surface area contributed by atoms with Crippen molar-refractivity contribution in [2.24, 2.45) is 0 Å². The van der Waals surface area contributed by atoms with E-state index in [1.54, 1.807) is 12.1 Å². The number of esters is 1. The molecule has 0 aliphatic rings. The van der Waals surface area contributed by atoms with Crippen LogP contribution in [0, 0.1) is 10.1 Å². The van der Waals surface area contributed by atoms with E-state index in [0.29, 0.717) is 5.69 Å². The van der Waals surface area contributed by atoms with Gasteiger partial charge in [-0.25, -0.2) is 9.48 Å². The minimum absolute atomic E-state index is 0.00994. The van der Waals surface area contributed by atoms with Crippen LogP contribution in [0.25, 0.3) is 5.69 Å². The highest BCUT2D eigenvalue weighted by Gasteiger charge is 2.20. The summed E-state index contributed by atoms with van der Waals surface area (Å²) in [5.41, 5.74) is 0.827. The van der Waals surface area contributed by atoms with Gasteiger partial charge in [0.1, 0.15) is 6.33 Å². The molecule has 12 heteroatoms. The number of amides is 1. The van der Waals surface area contributed by atoms with Gasteiger partial charge < -0.3 is 10.1 Å². The van der Waals surface area contributed by atoms with Crippen molar-refractivity contribution >= 4 is 34.9 Å². The van der Waals surface area contributed by atoms with Gasteiger partial charge in [0.15, 0.2) is 6.10 Å². The van der Waals surface area contributed by atoms with Gasteiger partial charge in [-0.1, -0.05) is 11.6 Å². The summed E-state index contributed by atoms with van der Waals surface area (Å²) >= 11 is 5.94. The summed E-state index contributed by atoms with van der Waals surface area (Å²) in [5, 5.41) is 24.0. The van der Waals surface area contributed by atoms with Crippen molar-refractivity contribution in [1.82, 2.24) is 20.2 Å². The molecular weight excluding hydrogens is 404 g/mol. The number of aromatic nitrogens is 4. The highest BCUT2D eigenvalue weighted by molar-refractivity contribution is 6.34. The van der Waals surface area contributed by atoms with Gasteiger partial charge in [0.25, 0.3) is 11.6 Å². The van der Waals surface area contributed by atoms with Crippen LogP contribution in [-0.2, 0) is 9.53 Å². The summed E-state index contributed by atoms with van der Waals surface area (Å²) in [6, 6.07) is 9.87. The second-order valence-corrected chi connectivity index (χ2v) is 6.17. The Bertz CT molecular complexity index is 1050. The van der Waals surface area contributed by atoms with Crippen LogP contribution in [-0.4, -0.2) is 43.1 Å². The van der Waals surface area contributed by atoms with E-state index >= 15 is 0 Å². The summed E-state index contributed by atoms with van der Waals surface area (Å²) in [6.07, 6.45) is 0.274. The first-order valence-corrected chi connectivity index (χ1v) is 8.52. The number of hydrogen-bond acceptors (Lipinski definition) is 8. The molecule has 0 spiro atoms. The van der Waals surface area contributed by atoms with Crippen molar-refractivity contribution in [1.29, 1.82) is 0 Å². The quantitative estimate of drug-likeness (QED) is 0.366. The van der Waals surface area contributed by atoms with E-state index in [4.69, 9.17) is 16.3 Å². The van der Waals surface area contributed by atoms with Gasteiger partial charge >= 0.3 is 5.97 Å². The Morgan fingerprint density at radius 2 is 1.97 bits per heavy atom. The van der Waals surface area contributed by atoms with Crippen molar-refractivity contribution in [3.8, 4) is 5.69 Å². The lowest BCUT2D eigenvalue weighted by Gasteiger charge is -2.14. The molecule has 3 aromatic rings. The number of anilines is 1. The summed E-state index contributed by atoms with van der Waals surface area (Å²) < 4.78 is 6.57. The number of carbonyl (C=O) groups excluding carboxylic acids is 2. The first kappa shape index (κ1) is 19.9. The molecule has 148 valence electrons. The highest BCUT2D eigenvalue weighted by Crippen LogP contribution is 2.26. The second kappa shape index (κ2) is 8.44. The molecule has 0 saturated carbocycles. The van der Waals surface area contributed by atoms with E-state index in [0.717, 1.165) is 6.07 Å². The highest BCUT2D eigenvalue weighted by atomic mass is 35.5. The molecule has 29 heavy (non-hydrogen) atoms. The lowest BCUT2D eigenvalue weighted by Crippen LogP contribution is -2.30. The van der Waals surface area contributed by atoms with Crippen molar-refractivity contribution in [3.05, 3.63) is 69.5 Å². The molecular formula is C17H13ClN6O5. The van der Waals surface area contributed by atoms with Crippen molar-refractivity contribution in [2.45, 2.75) is 13.0 Å². The molecule has 1 heterocycles. The number of nitro benzene ring substituents is 1. The van der Waals surface area contributed by atoms with Gasteiger partial charge in [0.2, 0.25) is 0 Å². The number of nitrogens with zero attached hydrogens (tertiary/aromatic N) is 5. The molecule has 0 fully saturated rings. The second-order valence-electron chi connectivity index (χ2n) is 5.76. The fourth-order valence-corrected chi connectivity index (χ4v) is 2.49. The molecule has 0 bridgehead atoms. The summed E-state index contributed by atoms with van der Waals surface area (Å²) in [7, 11) is 0. The zero-order valence-corrected chi connectivity index (χ0v) is 15.6. The largest absolute Gasteiger partial charge is 0.449 e. The normalized spacial score (nSPS) is 11.5. The van der Waals surface area contributed by atoms with Crippen molar-refractivity contribution < 1.29 is 19.2 Å². The fraction of sp³-hybridized carbons (Fsp3) is 0.118. The topological polar surface area (TPSA) is 142 Å². The number of benzene rings is 2. The Morgan fingerprint density at radius 1 is 1.24 bits per heavy atom. The SMILES string of the molecule is CC(OC(=O)c1ccc(-n2cnnn2)cc1)C(=O)Nc1ccc([N+](=O)[O-])cc1Cl. The van der Waals surface area contributed by atoms with Crippen LogP contribution in [0.15, 0.2) is 48.8 Å². The number of tetrazole rings is 1. The minimum Gasteiger partial charge on any atom is -0.449 e. The number of non-ortho nitro benzene ring substituents is 1. The zero-order valence-electron chi connectivity index (χ0n) is 14.9. The van der Waals surface area contributed by atoms with E-state index in [2.05, 4.69) is 20.8 Å². The maximum absolute atomic E-state index is 12.3. The predicted octanol–water partition coefficient (Wildman–Crippen LogP) is 2.41. The summed E-state index contributed by atoms with van der Waals surface area (Å²) in [5.74, 6) is -1.34. The molecule has 1 atom stereocenters. The molecule has 1 amide bonds. The number of nitro groups is 1. The molecule has 0 aliphatic heterocycles. The predicted molar refractivity (Wildman–Crippen MR) is 101 cm³/mol. The van der Waals surface area contributed by atoms with Crippen LogP contribution >= 0.6 is 11.6 Å². The van der Waals surface area contributed by atoms with Gasteiger partial charge in [-0.15, -0.1) is 5.10 Å². The van der Waals surface area contributed by atoms with Gasteiger partial charge in [-0.05, 0) is 47.7 Å². The third-order valence-corrected chi connectivity index (χ3v) is 4.10. The number of hydrogen-bond donors (Lipinski definition) is 1. The van der Waals surface area contributed by atoms with Gasteiger partial charge in [0.05, 0.1) is 26.9 Å². The van der Waals surface area contributed by atoms with Crippen molar-refractivity contribution in [3.63, 3.8) is 0 Å². The van der Waals surface area contributed by atoms with Gasteiger partial charge in [-0.3, -0.25) is 14.9 Å². The van der Waals surface area contributed by atoms with Crippen LogP contribution in [0.1, 0.15) is 17.3 Å². The molecule has 0 radical (unpaired) electrons. The van der Waals surface area contributed by atoms with E-state index in [-0.39, 0.29) is 22.0 Å². The maximum atomic E-state index is 12.3. The average molecular weight is 417 g/mol. The van der Waals surface area contributed by atoms with Gasteiger partial charge in [0, 0.05) is 12.1 Å². The van der Waals surface area contributed by atoms with Crippen LogP contribution in [0.3, 0.4) is 0 Å². The monoisotopic (exact) mass is 416 g/mol. The van der Waals surface area contributed by atoms with E-state index < -0.39 is 22.9 Å². The lowest BCUT2D eigenvalue weighted by atomic mass is 10.2. The standard InChI is InChI=1S/C17H13ClN6O5/c1-10(16(25)20-15-7-6-13(24(27)28)8-14(15)18)29-17(26)11-2-4-12(5-3-11)23-9-19-21-22-23/h2-10H,1H3,(H,20,25). The zero-order chi connectivity index (χ0) is 21.0. The van der Waals surface area contributed by atoms with Gasteiger partial charge in [-0.2, -0.15) is 0 Å². The van der Waals surface area contributed by atoms with Crippen LogP contribution in [0.5, 0.6) is 0 Å². The molecule has 1 aromatic heterocycles.